The fraction of sp³-hybridized carbons (Fsp3) is 0.786. The van der Waals surface area contributed by atoms with E-state index in [4.69, 9.17) is 9.16 Å². The van der Waals surface area contributed by atoms with E-state index < -0.39 is 8.32 Å². The smallest absolute Gasteiger partial charge is 0.302 e. The van der Waals surface area contributed by atoms with Crippen LogP contribution in [0, 0.1) is 0 Å². The van der Waals surface area contributed by atoms with Crippen LogP contribution >= 0.6 is 0 Å². The van der Waals surface area contributed by atoms with Crippen molar-refractivity contribution in [3.63, 3.8) is 0 Å². The first kappa shape index (κ1) is 17.4. The Hall–Kier alpha value is -0.613. The summed E-state index contributed by atoms with van der Waals surface area (Å²) in [6.07, 6.45) is 4.95. The van der Waals surface area contributed by atoms with E-state index in [9.17, 15) is 4.79 Å². The number of esters is 1. The van der Waals surface area contributed by atoms with Crippen molar-refractivity contribution in [2.45, 2.75) is 65.3 Å². The highest BCUT2D eigenvalue weighted by Gasteiger charge is 2.38. The topological polar surface area (TPSA) is 35.5 Å². The van der Waals surface area contributed by atoms with Gasteiger partial charge in [-0.05, 0) is 31.5 Å². The van der Waals surface area contributed by atoms with E-state index >= 15 is 0 Å². The summed E-state index contributed by atoms with van der Waals surface area (Å²) in [5.41, 5.74) is 0. The van der Waals surface area contributed by atoms with Crippen molar-refractivity contribution in [3.8, 4) is 0 Å². The summed E-state index contributed by atoms with van der Waals surface area (Å²) in [6.45, 7) is 15.1. The van der Waals surface area contributed by atoms with Crippen molar-refractivity contribution >= 4 is 14.3 Å². The Bertz CT molecular complexity index is 290. The van der Waals surface area contributed by atoms with Crippen LogP contribution in [-0.2, 0) is 14.0 Å². The molecule has 0 spiro atoms. The molecule has 3 nitrogen and oxygen atoms in total. The third-order valence-electron chi connectivity index (χ3n) is 3.32. The highest BCUT2D eigenvalue weighted by molar-refractivity contribution is 6.74. The monoisotopic (exact) mass is 272 g/mol. The van der Waals surface area contributed by atoms with Crippen LogP contribution in [0.3, 0.4) is 0 Å². The van der Waals surface area contributed by atoms with Crippen molar-refractivity contribution < 1.29 is 14.0 Å². The fourth-order valence-corrected chi connectivity index (χ4v) is 2.70. The lowest BCUT2D eigenvalue weighted by atomic mass is 10.2. The predicted octanol–water partition coefficient (Wildman–Crippen LogP) is 3.91. The molecule has 0 rings (SSSR count). The predicted molar refractivity (Wildman–Crippen MR) is 78.1 cm³/mol. The van der Waals surface area contributed by atoms with Crippen LogP contribution < -0.4 is 0 Å². The Morgan fingerprint density at radius 3 is 2.28 bits per heavy atom. The minimum atomic E-state index is -1.67. The van der Waals surface area contributed by atoms with E-state index in [0.29, 0.717) is 6.61 Å². The van der Waals surface area contributed by atoms with Gasteiger partial charge in [0.05, 0.1) is 0 Å². The number of carbonyl (C=O) groups excluding carboxylic acids is 1. The SMILES string of the molecule is CC(=O)OC/C=C/C[C@@H](C)O[Si](C)(C)C(C)(C)C. The van der Waals surface area contributed by atoms with Crippen molar-refractivity contribution in [3.05, 3.63) is 12.2 Å². The molecule has 0 aromatic rings. The Morgan fingerprint density at radius 1 is 1.28 bits per heavy atom. The summed E-state index contributed by atoms with van der Waals surface area (Å²) in [7, 11) is -1.67. The number of hydrogen-bond donors (Lipinski definition) is 0. The van der Waals surface area contributed by atoms with Crippen LogP contribution in [0.5, 0.6) is 0 Å². The Kier molecular flexibility index (Phi) is 6.85. The first-order chi connectivity index (χ1) is 8.06. The van der Waals surface area contributed by atoms with Gasteiger partial charge in [0.25, 0.3) is 0 Å². The normalized spacial score (nSPS) is 14.8. The van der Waals surface area contributed by atoms with Crippen molar-refractivity contribution in [1.82, 2.24) is 0 Å². The minimum Gasteiger partial charge on any atom is -0.462 e. The summed E-state index contributed by atoms with van der Waals surface area (Å²) in [6, 6.07) is 0. The highest BCUT2D eigenvalue weighted by Crippen LogP contribution is 2.37. The molecule has 0 aliphatic rings. The summed E-state index contributed by atoms with van der Waals surface area (Å²) >= 11 is 0. The standard InChI is InChI=1S/C14H28O3Si/c1-12(10-8-9-11-16-13(2)15)17-18(6,7)14(3,4)5/h8-9,12H,10-11H2,1-7H3/b9-8+/t12-/m1/s1. The van der Waals surface area contributed by atoms with E-state index in [-0.39, 0.29) is 17.1 Å². The molecule has 18 heavy (non-hydrogen) atoms. The lowest BCUT2D eigenvalue weighted by Crippen LogP contribution is -2.43. The zero-order valence-corrected chi connectivity index (χ0v) is 13.9. The van der Waals surface area contributed by atoms with Crippen LogP contribution in [0.25, 0.3) is 0 Å². The van der Waals surface area contributed by atoms with Crippen molar-refractivity contribution in [1.29, 1.82) is 0 Å². The molecule has 0 bridgehead atoms. The Labute approximate surface area is 113 Å². The van der Waals surface area contributed by atoms with Gasteiger partial charge in [-0.15, -0.1) is 0 Å². The van der Waals surface area contributed by atoms with Crippen LogP contribution in [0.15, 0.2) is 12.2 Å². The summed E-state index contributed by atoms with van der Waals surface area (Å²) in [5.74, 6) is -0.245. The molecular weight excluding hydrogens is 244 g/mol. The molecule has 0 aromatic heterocycles. The average Bonchev–Trinajstić information content (AvgIpc) is 2.13. The molecule has 106 valence electrons. The minimum absolute atomic E-state index is 0.208. The maximum atomic E-state index is 10.6. The second-order valence-corrected chi connectivity index (χ2v) is 11.0. The molecular formula is C14H28O3Si. The molecule has 4 heteroatoms. The first-order valence-electron chi connectivity index (χ1n) is 6.52. The molecule has 0 unspecified atom stereocenters. The third-order valence-corrected chi connectivity index (χ3v) is 7.92. The van der Waals surface area contributed by atoms with Gasteiger partial charge in [0.2, 0.25) is 0 Å². The summed E-state index contributed by atoms with van der Waals surface area (Å²) in [4.78, 5) is 10.6. The molecule has 0 aliphatic heterocycles. The molecule has 0 radical (unpaired) electrons. The molecule has 0 heterocycles. The summed E-state index contributed by atoms with van der Waals surface area (Å²) in [5, 5.41) is 0.239. The average molecular weight is 272 g/mol. The maximum absolute atomic E-state index is 10.6. The largest absolute Gasteiger partial charge is 0.462 e. The van der Waals surface area contributed by atoms with Gasteiger partial charge in [0.1, 0.15) is 6.61 Å². The quantitative estimate of drug-likeness (QED) is 0.418. The third kappa shape index (κ3) is 6.96. The van der Waals surface area contributed by atoms with E-state index in [1.165, 1.54) is 6.92 Å². The lowest BCUT2D eigenvalue weighted by molar-refractivity contribution is -0.139. The van der Waals surface area contributed by atoms with Gasteiger partial charge >= 0.3 is 5.97 Å². The van der Waals surface area contributed by atoms with Gasteiger partial charge in [0.15, 0.2) is 8.32 Å². The maximum Gasteiger partial charge on any atom is 0.302 e. The van der Waals surface area contributed by atoms with Crippen molar-refractivity contribution in [2.75, 3.05) is 6.61 Å². The second-order valence-electron chi connectivity index (χ2n) is 6.20. The van der Waals surface area contributed by atoms with Crippen molar-refractivity contribution in [2.24, 2.45) is 0 Å². The molecule has 0 amide bonds. The Balaban J connectivity index is 4.05. The van der Waals surface area contributed by atoms with Gasteiger partial charge in [-0.1, -0.05) is 32.9 Å². The van der Waals surface area contributed by atoms with Gasteiger partial charge in [0, 0.05) is 13.0 Å². The van der Waals surface area contributed by atoms with E-state index in [1.807, 2.05) is 12.2 Å². The van der Waals surface area contributed by atoms with Crippen LogP contribution in [0.4, 0.5) is 0 Å². The number of carbonyl (C=O) groups is 1. The van der Waals surface area contributed by atoms with Crippen LogP contribution in [0.1, 0.15) is 41.0 Å². The molecule has 0 saturated carbocycles. The summed E-state index contributed by atoms with van der Waals surface area (Å²) < 4.78 is 11.0. The van der Waals surface area contributed by atoms with Crippen LogP contribution in [0.2, 0.25) is 18.1 Å². The molecule has 0 aliphatic carbocycles. The van der Waals surface area contributed by atoms with E-state index in [0.717, 1.165) is 6.42 Å². The van der Waals surface area contributed by atoms with Gasteiger partial charge in [-0.25, -0.2) is 0 Å². The zero-order chi connectivity index (χ0) is 14.4. The molecule has 0 saturated heterocycles. The fourth-order valence-electron chi connectivity index (χ4n) is 1.25. The zero-order valence-electron chi connectivity index (χ0n) is 12.9. The molecule has 0 aromatic carbocycles. The molecule has 0 fully saturated rings. The van der Waals surface area contributed by atoms with E-state index in [2.05, 4.69) is 40.8 Å². The number of rotatable bonds is 6. The second kappa shape index (κ2) is 7.09. The van der Waals surface area contributed by atoms with Gasteiger partial charge in [-0.3, -0.25) is 4.79 Å². The Morgan fingerprint density at radius 2 is 1.83 bits per heavy atom. The van der Waals surface area contributed by atoms with E-state index in [1.54, 1.807) is 0 Å². The molecule has 1 atom stereocenters. The number of ether oxygens (including phenoxy) is 1. The van der Waals surface area contributed by atoms with Crippen LogP contribution in [-0.4, -0.2) is 27.0 Å². The van der Waals surface area contributed by atoms with Gasteiger partial charge < -0.3 is 9.16 Å². The lowest BCUT2D eigenvalue weighted by Gasteiger charge is -2.38. The van der Waals surface area contributed by atoms with Gasteiger partial charge in [-0.2, -0.15) is 0 Å². The first-order valence-corrected chi connectivity index (χ1v) is 9.43. The molecule has 0 N–H and O–H groups in total. The highest BCUT2D eigenvalue weighted by atomic mass is 28.4. The number of hydrogen-bond acceptors (Lipinski definition) is 3.